The Morgan fingerprint density at radius 1 is 0.557 bits per heavy atom. The van der Waals surface area contributed by atoms with Crippen LogP contribution in [0, 0.1) is 0 Å². The van der Waals surface area contributed by atoms with Crippen molar-refractivity contribution in [3.05, 3.63) is 85.1 Å². The molecule has 0 radical (unpaired) electrons. The van der Waals surface area contributed by atoms with E-state index in [1.54, 1.807) is 0 Å². The monoisotopic (exact) mass is 1010 g/mol. The molecule has 0 aromatic carbocycles. The number of aliphatic hydroxyl groups excluding tert-OH is 3. The van der Waals surface area contributed by atoms with Gasteiger partial charge in [0.15, 0.2) is 6.29 Å². The predicted molar refractivity (Wildman–Crippen MR) is 285 cm³/mol. The molecule has 1 heterocycles. The number of carbonyl (C=O) groups is 1. The van der Waals surface area contributed by atoms with Crippen molar-refractivity contribution in [1.29, 1.82) is 0 Å². The lowest BCUT2D eigenvalue weighted by Gasteiger charge is -2.41. The van der Waals surface area contributed by atoms with Gasteiger partial charge in [-0.15, -0.1) is 0 Å². The van der Waals surface area contributed by atoms with E-state index < -0.39 is 59.8 Å². The molecule has 404 valence electrons. The Balaban J connectivity index is 2.33. The largest absolute Gasteiger partial charge is 0.457 e. The van der Waals surface area contributed by atoms with Gasteiger partial charge in [0.2, 0.25) is 0 Å². The first-order valence-electron chi connectivity index (χ1n) is 27.3. The summed E-state index contributed by atoms with van der Waals surface area (Å²) in [6.45, 7) is 3.80. The number of rotatable bonds is 47. The molecule has 0 spiro atoms. The molecular weight excluding hydrogens is 909 g/mol. The molecular formula is C57H98O12S. The Bertz CT molecular complexity index is 1540. The van der Waals surface area contributed by atoms with Gasteiger partial charge in [-0.1, -0.05) is 202 Å². The maximum Gasteiger partial charge on any atom is 0.397 e. The van der Waals surface area contributed by atoms with Crippen LogP contribution in [0.1, 0.15) is 206 Å². The molecule has 6 atom stereocenters. The Labute approximate surface area is 425 Å². The summed E-state index contributed by atoms with van der Waals surface area (Å²) < 4.78 is 59.2. The number of esters is 1. The third-order valence-electron chi connectivity index (χ3n) is 12.0. The van der Waals surface area contributed by atoms with Gasteiger partial charge in [0.25, 0.3) is 0 Å². The summed E-state index contributed by atoms with van der Waals surface area (Å²) in [7, 11) is -5.08. The molecule has 0 bridgehead atoms. The van der Waals surface area contributed by atoms with Crippen LogP contribution in [0.2, 0.25) is 0 Å². The maximum absolute atomic E-state index is 12.9. The molecule has 0 aromatic rings. The average Bonchev–Trinajstić information content (AvgIpc) is 3.34. The standard InChI is InChI=1S/C57H98O12S/c1-3-5-7-9-11-13-15-17-19-21-22-23-24-25-26-27-28-29-31-33-35-37-39-41-43-45-47-65-49-51(50-66-57-55(61)56(69-70(62,63)64)54(60)52(48-58)68-57)67-53(59)46-44-42-40-38-36-34-32-30-20-18-16-14-12-10-8-6-4-2/h6,8,12,14-15,17-18,20-22,32,34,38,40,51-52,54-58,60-61H,3-5,7,9-11,13,16,19,23-31,33,35-37,39,41-50H2,1-2H3,(H,62,63,64)/b8-6-,14-12-,17-15-,20-18-,22-21-,34-32-,40-38-. The second-order valence-electron chi connectivity index (χ2n) is 18.4. The highest BCUT2D eigenvalue weighted by atomic mass is 32.3. The van der Waals surface area contributed by atoms with E-state index in [2.05, 4.69) is 97.0 Å². The summed E-state index contributed by atoms with van der Waals surface area (Å²) in [6.07, 6.45) is 54.9. The van der Waals surface area contributed by atoms with Crippen LogP contribution in [-0.2, 0) is 38.3 Å². The van der Waals surface area contributed by atoms with Crippen LogP contribution in [0.15, 0.2) is 85.1 Å². The van der Waals surface area contributed by atoms with Crippen LogP contribution in [0.25, 0.3) is 0 Å². The van der Waals surface area contributed by atoms with Crippen LogP contribution in [-0.4, -0.2) is 97.5 Å². The number of aliphatic hydroxyl groups is 3. The highest BCUT2D eigenvalue weighted by molar-refractivity contribution is 7.80. The zero-order chi connectivity index (χ0) is 51.0. The fourth-order valence-electron chi connectivity index (χ4n) is 7.92. The Hall–Kier alpha value is -2.72. The number of carbonyl (C=O) groups excluding carboxylic acids is 1. The van der Waals surface area contributed by atoms with Crippen molar-refractivity contribution >= 4 is 16.4 Å². The fraction of sp³-hybridized carbons (Fsp3) is 0.737. The predicted octanol–water partition coefficient (Wildman–Crippen LogP) is 13.2. The van der Waals surface area contributed by atoms with Gasteiger partial charge in [-0.25, -0.2) is 4.18 Å². The molecule has 1 aliphatic heterocycles. The van der Waals surface area contributed by atoms with Gasteiger partial charge in [-0.2, -0.15) is 8.42 Å². The van der Waals surface area contributed by atoms with Gasteiger partial charge < -0.3 is 34.3 Å². The first kappa shape index (κ1) is 65.3. The zero-order valence-electron chi connectivity index (χ0n) is 43.6. The fourth-order valence-corrected chi connectivity index (χ4v) is 8.42. The van der Waals surface area contributed by atoms with E-state index in [4.69, 9.17) is 18.9 Å². The quantitative estimate of drug-likeness (QED) is 0.0197. The molecule has 6 unspecified atom stereocenters. The van der Waals surface area contributed by atoms with Crippen molar-refractivity contribution in [1.82, 2.24) is 0 Å². The van der Waals surface area contributed by atoms with Crippen molar-refractivity contribution in [3.8, 4) is 0 Å². The highest BCUT2D eigenvalue weighted by Crippen LogP contribution is 2.26. The van der Waals surface area contributed by atoms with Crippen LogP contribution >= 0.6 is 0 Å². The normalized spacial score (nSPS) is 19.8. The van der Waals surface area contributed by atoms with Crippen LogP contribution in [0.3, 0.4) is 0 Å². The van der Waals surface area contributed by atoms with E-state index in [0.29, 0.717) is 19.4 Å². The van der Waals surface area contributed by atoms with Crippen LogP contribution in [0.5, 0.6) is 0 Å². The highest BCUT2D eigenvalue weighted by Gasteiger charge is 2.48. The van der Waals surface area contributed by atoms with Gasteiger partial charge in [-0.05, 0) is 83.5 Å². The van der Waals surface area contributed by atoms with Gasteiger partial charge in [0.05, 0.1) is 19.8 Å². The molecule has 4 N–H and O–H groups in total. The summed E-state index contributed by atoms with van der Waals surface area (Å²) in [5.41, 5.74) is 0. The first-order chi connectivity index (χ1) is 34.1. The summed E-state index contributed by atoms with van der Waals surface area (Å²) in [5, 5.41) is 30.8. The van der Waals surface area contributed by atoms with Gasteiger partial charge in [0.1, 0.15) is 30.5 Å². The minimum Gasteiger partial charge on any atom is -0.457 e. The Morgan fingerprint density at radius 2 is 0.986 bits per heavy atom. The van der Waals surface area contributed by atoms with Crippen molar-refractivity contribution < 1.29 is 56.2 Å². The summed E-state index contributed by atoms with van der Waals surface area (Å²) >= 11 is 0. The summed E-state index contributed by atoms with van der Waals surface area (Å²) in [4.78, 5) is 12.9. The third kappa shape index (κ3) is 39.8. The average molecular weight is 1010 g/mol. The SMILES string of the molecule is CC/C=C\C/C=C\C/C=C\C/C=C\C/C=C\CCCC(=O)OC(COCCCCCCCCCCCCCCCC/C=C\C/C=C\CCCCCCC)COC1OC(CO)C(O)C(OS(=O)(=O)O)C1O. The van der Waals surface area contributed by atoms with E-state index in [-0.39, 0.29) is 19.6 Å². The lowest BCUT2D eigenvalue weighted by Crippen LogP contribution is -2.60. The van der Waals surface area contributed by atoms with E-state index in [9.17, 15) is 33.1 Å². The van der Waals surface area contributed by atoms with Crippen molar-refractivity contribution in [2.24, 2.45) is 0 Å². The minimum absolute atomic E-state index is 0.00905. The van der Waals surface area contributed by atoms with Crippen molar-refractivity contribution in [3.63, 3.8) is 0 Å². The van der Waals surface area contributed by atoms with Crippen molar-refractivity contribution in [2.45, 2.75) is 243 Å². The minimum atomic E-state index is -5.08. The summed E-state index contributed by atoms with van der Waals surface area (Å²) in [5.74, 6) is -0.456. The molecule has 12 nitrogen and oxygen atoms in total. The van der Waals surface area contributed by atoms with Crippen molar-refractivity contribution in [2.75, 3.05) is 26.4 Å². The van der Waals surface area contributed by atoms with Gasteiger partial charge in [0, 0.05) is 13.0 Å². The molecule has 1 rings (SSSR count). The van der Waals surface area contributed by atoms with Crippen LogP contribution < -0.4 is 0 Å². The second-order valence-corrected chi connectivity index (χ2v) is 19.5. The molecule has 1 saturated heterocycles. The number of ether oxygens (including phenoxy) is 4. The van der Waals surface area contributed by atoms with E-state index >= 15 is 0 Å². The Kier molecular flexibility index (Phi) is 44.1. The van der Waals surface area contributed by atoms with E-state index in [1.165, 1.54) is 116 Å². The molecule has 13 heteroatoms. The first-order valence-corrected chi connectivity index (χ1v) is 28.7. The van der Waals surface area contributed by atoms with E-state index in [1.807, 2.05) is 6.08 Å². The molecule has 1 fully saturated rings. The Morgan fingerprint density at radius 3 is 1.44 bits per heavy atom. The van der Waals surface area contributed by atoms with E-state index in [0.717, 1.165) is 57.8 Å². The van der Waals surface area contributed by atoms with Crippen LogP contribution in [0.4, 0.5) is 0 Å². The zero-order valence-corrected chi connectivity index (χ0v) is 44.4. The second kappa shape index (κ2) is 47.3. The lowest BCUT2D eigenvalue weighted by atomic mass is 9.99. The van der Waals surface area contributed by atoms with Gasteiger partial charge in [-0.3, -0.25) is 9.35 Å². The topological polar surface area (TPSA) is 178 Å². The number of hydrogen-bond donors (Lipinski definition) is 4. The third-order valence-corrected chi connectivity index (χ3v) is 12.5. The molecule has 0 saturated carbocycles. The van der Waals surface area contributed by atoms with Gasteiger partial charge >= 0.3 is 16.4 Å². The molecule has 70 heavy (non-hydrogen) atoms. The molecule has 0 amide bonds. The smallest absolute Gasteiger partial charge is 0.397 e. The molecule has 1 aliphatic rings. The number of hydrogen-bond acceptors (Lipinski definition) is 11. The molecule has 0 aromatic heterocycles. The number of allylic oxidation sites excluding steroid dienone is 14. The number of unbranched alkanes of at least 4 members (excludes halogenated alkanes) is 20. The molecule has 0 aliphatic carbocycles. The maximum atomic E-state index is 12.9. The lowest BCUT2D eigenvalue weighted by molar-refractivity contribution is -0.301. The summed E-state index contributed by atoms with van der Waals surface area (Å²) in [6, 6.07) is 0.